The summed E-state index contributed by atoms with van der Waals surface area (Å²) < 4.78 is 5.82. The van der Waals surface area contributed by atoms with Crippen LogP contribution in [-0.4, -0.2) is 31.7 Å². The molecule has 1 aliphatic carbocycles. The summed E-state index contributed by atoms with van der Waals surface area (Å²) in [6, 6.07) is 7.94. The van der Waals surface area contributed by atoms with Crippen LogP contribution in [0, 0.1) is 0 Å². The van der Waals surface area contributed by atoms with Gasteiger partial charge in [0.25, 0.3) is 0 Å². The Hall–Kier alpha value is -1.68. The third-order valence-electron chi connectivity index (χ3n) is 3.29. The molecule has 0 spiro atoms. The van der Waals surface area contributed by atoms with Crippen LogP contribution in [-0.2, 0) is 0 Å². The second kappa shape index (κ2) is 7.93. The molecule has 0 heterocycles. The van der Waals surface area contributed by atoms with Crippen molar-refractivity contribution < 1.29 is 4.74 Å². The molecule has 21 heavy (non-hydrogen) atoms. The predicted octanol–water partition coefficient (Wildman–Crippen LogP) is 2.99. The first kappa shape index (κ1) is 15.7. The standard InChI is InChI=1S/C16H22ClN3O/c1-12(21-15-10-6-5-9-14(15)17)11-19-16(18-2)20-13-7-3-4-8-13/h3-6,9-10,12-13H,7-8,11H2,1-2H3,(H2,18,19,20). The number of guanidine groups is 1. The zero-order chi connectivity index (χ0) is 15.1. The molecule has 0 fully saturated rings. The molecular weight excluding hydrogens is 286 g/mol. The fourth-order valence-corrected chi connectivity index (χ4v) is 2.34. The Labute approximate surface area is 131 Å². The first-order chi connectivity index (χ1) is 10.2. The van der Waals surface area contributed by atoms with E-state index in [0.717, 1.165) is 18.8 Å². The second-order valence-corrected chi connectivity index (χ2v) is 5.50. The molecule has 0 aromatic heterocycles. The summed E-state index contributed by atoms with van der Waals surface area (Å²) in [5.74, 6) is 1.51. The first-order valence-corrected chi connectivity index (χ1v) is 7.60. The molecule has 1 aromatic carbocycles. The van der Waals surface area contributed by atoms with Crippen molar-refractivity contribution in [1.82, 2.24) is 10.6 Å². The Morgan fingerprint density at radius 3 is 2.76 bits per heavy atom. The Morgan fingerprint density at radius 1 is 1.38 bits per heavy atom. The van der Waals surface area contributed by atoms with Crippen molar-refractivity contribution >= 4 is 17.6 Å². The van der Waals surface area contributed by atoms with Gasteiger partial charge >= 0.3 is 0 Å². The van der Waals surface area contributed by atoms with Crippen LogP contribution in [0.15, 0.2) is 41.4 Å². The molecule has 0 saturated carbocycles. The van der Waals surface area contributed by atoms with E-state index in [2.05, 4.69) is 27.8 Å². The van der Waals surface area contributed by atoms with Gasteiger partial charge in [-0.05, 0) is 31.9 Å². The first-order valence-electron chi connectivity index (χ1n) is 7.22. The van der Waals surface area contributed by atoms with E-state index in [1.165, 1.54) is 0 Å². The van der Waals surface area contributed by atoms with Crippen molar-refractivity contribution in [3.63, 3.8) is 0 Å². The fourth-order valence-electron chi connectivity index (χ4n) is 2.16. The monoisotopic (exact) mass is 307 g/mol. The lowest BCUT2D eigenvalue weighted by atomic mass is 10.2. The summed E-state index contributed by atoms with van der Waals surface area (Å²) in [5.41, 5.74) is 0. The summed E-state index contributed by atoms with van der Waals surface area (Å²) in [5, 5.41) is 7.30. The maximum atomic E-state index is 6.08. The number of aliphatic imine (C=N–C) groups is 1. The van der Waals surface area contributed by atoms with Crippen molar-refractivity contribution in [1.29, 1.82) is 0 Å². The van der Waals surface area contributed by atoms with Gasteiger partial charge in [-0.3, -0.25) is 4.99 Å². The Kier molecular flexibility index (Phi) is 5.93. The van der Waals surface area contributed by atoms with E-state index in [1.54, 1.807) is 7.05 Å². The van der Waals surface area contributed by atoms with E-state index in [0.29, 0.717) is 23.4 Å². The van der Waals surface area contributed by atoms with Crippen molar-refractivity contribution in [3.05, 3.63) is 41.4 Å². The molecule has 1 aromatic rings. The minimum atomic E-state index is -0.00912. The molecule has 2 rings (SSSR count). The van der Waals surface area contributed by atoms with Crippen LogP contribution in [0.3, 0.4) is 0 Å². The molecule has 114 valence electrons. The molecule has 0 bridgehead atoms. The van der Waals surface area contributed by atoms with Crippen LogP contribution in [0.25, 0.3) is 0 Å². The van der Waals surface area contributed by atoms with E-state index in [1.807, 2.05) is 31.2 Å². The highest BCUT2D eigenvalue weighted by molar-refractivity contribution is 6.32. The lowest BCUT2D eigenvalue weighted by Crippen LogP contribution is -2.45. The van der Waals surface area contributed by atoms with E-state index in [-0.39, 0.29) is 6.10 Å². The molecule has 1 aliphatic rings. The van der Waals surface area contributed by atoms with Gasteiger partial charge in [0.15, 0.2) is 5.96 Å². The second-order valence-electron chi connectivity index (χ2n) is 5.10. The maximum Gasteiger partial charge on any atom is 0.191 e. The third kappa shape index (κ3) is 4.97. The van der Waals surface area contributed by atoms with Gasteiger partial charge in [0, 0.05) is 13.1 Å². The van der Waals surface area contributed by atoms with Crippen LogP contribution in [0.5, 0.6) is 5.75 Å². The average molecular weight is 308 g/mol. The number of hydrogen-bond acceptors (Lipinski definition) is 2. The van der Waals surface area contributed by atoms with Gasteiger partial charge in [0.2, 0.25) is 0 Å². The van der Waals surface area contributed by atoms with Gasteiger partial charge in [-0.2, -0.15) is 0 Å². The number of benzene rings is 1. The number of hydrogen-bond donors (Lipinski definition) is 2. The number of nitrogens with zero attached hydrogens (tertiary/aromatic N) is 1. The number of rotatable bonds is 5. The molecule has 0 amide bonds. The van der Waals surface area contributed by atoms with Gasteiger partial charge in [0.1, 0.15) is 11.9 Å². The summed E-state index contributed by atoms with van der Waals surface area (Å²) in [6.45, 7) is 2.66. The zero-order valence-electron chi connectivity index (χ0n) is 12.5. The van der Waals surface area contributed by atoms with Crippen molar-refractivity contribution in [3.8, 4) is 5.75 Å². The van der Waals surface area contributed by atoms with Crippen molar-refractivity contribution in [2.45, 2.75) is 31.9 Å². The van der Waals surface area contributed by atoms with Gasteiger partial charge in [-0.15, -0.1) is 0 Å². The van der Waals surface area contributed by atoms with E-state index in [9.17, 15) is 0 Å². The Balaban J connectivity index is 1.77. The van der Waals surface area contributed by atoms with E-state index in [4.69, 9.17) is 16.3 Å². The van der Waals surface area contributed by atoms with Crippen LogP contribution >= 0.6 is 11.6 Å². The molecule has 0 aliphatic heterocycles. The van der Waals surface area contributed by atoms with Crippen LogP contribution in [0.2, 0.25) is 5.02 Å². The van der Waals surface area contributed by atoms with Gasteiger partial charge in [-0.25, -0.2) is 0 Å². The van der Waals surface area contributed by atoms with Crippen LogP contribution in [0.1, 0.15) is 19.8 Å². The largest absolute Gasteiger partial charge is 0.487 e. The summed E-state index contributed by atoms with van der Waals surface area (Å²) in [6.07, 6.45) is 6.46. The van der Waals surface area contributed by atoms with Crippen molar-refractivity contribution in [2.24, 2.45) is 4.99 Å². The van der Waals surface area contributed by atoms with Gasteiger partial charge in [0.05, 0.1) is 11.6 Å². The number of nitrogens with one attached hydrogen (secondary N) is 2. The minimum Gasteiger partial charge on any atom is -0.487 e. The summed E-state index contributed by atoms with van der Waals surface area (Å²) in [7, 11) is 1.78. The van der Waals surface area contributed by atoms with Gasteiger partial charge in [-0.1, -0.05) is 35.9 Å². The highest BCUT2D eigenvalue weighted by Gasteiger charge is 2.13. The smallest absolute Gasteiger partial charge is 0.191 e. The number of para-hydroxylation sites is 1. The molecule has 0 saturated heterocycles. The quantitative estimate of drug-likeness (QED) is 0.499. The predicted molar refractivity (Wildman–Crippen MR) is 88.2 cm³/mol. The molecule has 0 radical (unpaired) electrons. The number of halogens is 1. The number of ether oxygens (including phenoxy) is 1. The molecule has 2 N–H and O–H groups in total. The molecule has 5 heteroatoms. The summed E-state index contributed by atoms with van der Waals surface area (Å²) >= 11 is 6.08. The Bertz CT molecular complexity index is 508. The molecule has 4 nitrogen and oxygen atoms in total. The topological polar surface area (TPSA) is 45.7 Å². The van der Waals surface area contributed by atoms with E-state index >= 15 is 0 Å². The van der Waals surface area contributed by atoms with Crippen molar-refractivity contribution in [2.75, 3.05) is 13.6 Å². The molecule has 1 unspecified atom stereocenters. The average Bonchev–Trinajstić information content (AvgIpc) is 2.99. The zero-order valence-corrected chi connectivity index (χ0v) is 13.2. The highest BCUT2D eigenvalue weighted by Crippen LogP contribution is 2.23. The summed E-state index contributed by atoms with van der Waals surface area (Å²) in [4.78, 5) is 4.23. The minimum absolute atomic E-state index is 0.00912. The lowest BCUT2D eigenvalue weighted by Gasteiger charge is -2.20. The normalized spacial score (nSPS) is 16.8. The maximum absolute atomic E-state index is 6.08. The Morgan fingerprint density at radius 2 is 2.10 bits per heavy atom. The SMILES string of the molecule is CN=C(NCC(C)Oc1ccccc1Cl)NC1CC=CC1. The van der Waals surface area contributed by atoms with Crippen LogP contribution < -0.4 is 15.4 Å². The fraction of sp³-hybridized carbons (Fsp3) is 0.438. The highest BCUT2D eigenvalue weighted by atomic mass is 35.5. The molecular formula is C16H22ClN3O. The third-order valence-corrected chi connectivity index (χ3v) is 3.61. The van der Waals surface area contributed by atoms with Gasteiger partial charge < -0.3 is 15.4 Å². The van der Waals surface area contributed by atoms with Crippen LogP contribution in [0.4, 0.5) is 0 Å². The van der Waals surface area contributed by atoms with E-state index < -0.39 is 0 Å². The lowest BCUT2D eigenvalue weighted by molar-refractivity contribution is 0.224. The molecule has 1 atom stereocenters.